The quantitative estimate of drug-likeness (QED) is 0.778. The van der Waals surface area contributed by atoms with Gasteiger partial charge in [-0.1, -0.05) is 6.08 Å². The Labute approximate surface area is 114 Å². The van der Waals surface area contributed by atoms with Crippen molar-refractivity contribution in [1.82, 2.24) is 4.90 Å². The van der Waals surface area contributed by atoms with Crippen LogP contribution in [0.5, 0.6) is 5.75 Å². The molecular weight excluding hydrogens is 240 g/mol. The van der Waals surface area contributed by atoms with Gasteiger partial charge in [-0.25, -0.2) is 0 Å². The second-order valence-electron chi connectivity index (χ2n) is 4.51. The van der Waals surface area contributed by atoms with Gasteiger partial charge in [0.25, 0.3) is 0 Å². The van der Waals surface area contributed by atoms with Crippen molar-refractivity contribution in [3.63, 3.8) is 0 Å². The molecule has 0 spiro atoms. The number of methoxy groups -OCH3 is 1. The molecule has 0 N–H and O–H groups in total. The number of rotatable bonds is 3. The third kappa shape index (κ3) is 3.28. The Bertz CT molecular complexity index is 446. The molecule has 1 amide bonds. The van der Waals surface area contributed by atoms with Crippen LogP contribution in [0.15, 0.2) is 36.4 Å². The van der Waals surface area contributed by atoms with Gasteiger partial charge in [0.15, 0.2) is 0 Å². The first kappa shape index (κ1) is 13.5. The topological polar surface area (TPSA) is 32.8 Å². The maximum Gasteiger partial charge on any atom is 0.246 e. The molecule has 2 rings (SSSR count). The molecule has 19 heavy (non-hydrogen) atoms. The summed E-state index contributed by atoms with van der Waals surface area (Å²) >= 11 is 0. The van der Waals surface area contributed by atoms with E-state index < -0.39 is 0 Å². The van der Waals surface area contributed by atoms with E-state index in [0.717, 1.165) is 31.9 Å². The molecule has 1 saturated heterocycles. The first-order valence-electron chi connectivity index (χ1n) is 6.55. The van der Waals surface area contributed by atoms with E-state index in [1.807, 2.05) is 24.0 Å². The molecular formula is C15H20N2O2. The molecule has 0 aliphatic carbocycles. The summed E-state index contributed by atoms with van der Waals surface area (Å²) in [6, 6.07) is 8.05. The molecule has 0 bridgehead atoms. The first-order chi connectivity index (χ1) is 9.24. The summed E-state index contributed by atoms with van der Waals surface area (Å²) < 4.78 is 5.15. The van der Waals surface area contributed by atoms with Crippen LogP contribution in [-0.2, 0) is 4.79 Å². The zero-order valence-electron chi connectivity index (χ0n) is 11.5. The summed E-state index contributed by atoms with van der Waals surface area (Å²) in [5, 5.41) is 0. The normalized spacial score (nSPS) is 15.9. The van der Waals surface area contributed by atoms with Crippen molar-refractivity contribution in [3.8, 4) is 5.75 Å². The van der Waals surface area contributed by atoms with Crippen LogP contribution in [-0.4, -0.2) is 44.1 Å². The van der Waals surface area contributed by atoms with Gasteiger partial charge in [-0.2, -0.15) is 0 Å². The van der Waals surface area contributed by atoms with Crippen molar-refractivity contribution in [1.29, 1.82) is 0 Å². The number of carbonyl (C=O) groups is 1. The Balaban J connectivity index is 1.93. The Kier molecular flexibility index (Phi) is 4.44. The van der Waals surface area contributed by atoms with Gasteiger partial charge in [0.05, 0.1) is 7.11 Å². The monoisotopic (exact) mass is 260 g/mol. The zero-order chi connectivity index (χ0) is 13.7. The van der Waals surface area contributed by atoms with Crippen LogP contribution in [0.25, 0.3) is 0 Å². The summed E-state index contributed by atoms with van der Waals surface area (Å²) in [5.41, 5.74) is 1.18. The molecule has 0 unspecified atom stereocenters. The summed E-state index contributed by atoms with van der Waals surface area (Å²) in [7, 11) is 1.67. The Hall–Kier alpha value is -1.97. The van der Waals surface area contributed by atoms with E-state index in [0.29, 0.717) is 0 Å². The van der Waals surface area contributed by atoms with Gasteiger partial charge in [0.1, 0.15) is 5.75 Å². The Morgan fingerprint density at radius 1 is 1.16 bits per heavy atom. The van der Waals surface area contributed by atoms with Crippen LogP contribution in [0.3, 0.4) is 0 Å². The van der Waals surface area contributed by atoms with Crippen molar-refractivity contribution in [2.45, 2.75) is 6.92 Å². The molecule has 102 valence electrons. The lowest BCUT2D eigenvalue weighted by Crippen LogP contribution is -2.48. The lowest BCUT2D eigenvalue weighted by molar-refractivity contribution is -0.126. The molecule has 1 aliphatic heterocycles. The van der Waals surface area contributed by atoms with Gasteiger partial charge in [-0.15, -0.1) is 0 Å². The molecule has 1 fully saturated rings. The number of ether oxygens (including phenoxy) is 1. The van der Waals surface area contributed by atoms with E-state index in [9.17, 15) is 4.79 Å². The number of hydrogen-bond donors (Lipinski definition) is 0. The van der Waals surface area contributed by atoms with Crippen LogP contribution in [0.2, 0.25) is 0 Å². The lowest BCUT2D eigenvalue weighted by atomic mass is 10.2. The van der Waals surface area contributed by atoms with Gasteiger partial charge in [-0.3, -0.25) is 4.79 Å². The second-order valence-corrected chi connectivity index (χ2v) is 4.51. The van der Waals surface area contributed by atoms with E-state index in [1.54, 1.807) is 19.3 Å². The fourth-order valence-corrected chi connectivity index (χ4v) is 2.23. The smallest absolute Gasteiger partial charge is 0.246 e. The highest BCUT2D eigenvalue weighted by Gasteiger charge is 2.19. The third-order valence-corrected chi connectivity index (χ3v) is 3.34. The van der Waals surface area contributed by atoms with E-state index >= 15 is 0 Å². The molecule has 1 aromatic rings. The molecule has 1 aliphatic rings. The fraction of sp³-hybridized carbons (Fsp3) is 0.400. The molecule has 1 heterocycles. The number of piperazine rings is 1. The number of carbonyl (C=O) groups excluding carboxylic acids is 1. The van der Waals surface area contributed by atoms with Crippen LogP contribution >= 0.6 is 0 Å². The summed E-state index contributed by atoms with van der Waals surface area (Å²) in [6.07, 6.45) is 3.42. The van der Waals surface area contributed by atoms with E-state index in [1.165, 1.54) is 5.69 Å². The van der Waals surface area contributed by atoms with Gasteiger partial charge in [0.2, 0.25) is 5.91 Å². The predicted octanol–water partition coefficient (Wildman–Crippen LogP) is 1.92. The highest BCUT2D eigenvalue weighted by molar-refractivity contribution is 5.87. The van der Waals surface area contributed by atoms with Crippen LogP contribution in [0.4, 0.5) is 5.69 Å². The number of benzene rings is 1. The summed E-state index contributed by atoms with van der Waals surface area (Å²) in [4.78, 5) is 15.9. The van der Waals surface area contributed by atoms with Gasteiger partial charge in [-0.05, 0) is 37.3 Å². The standard InChI is InChI=1S/C15H20N2O2/c1-3-4-15(18)17-11-9-16(10-12-17)13-5-7-14(19-2)8-6-13/h3-8H,9-12H2,1-2H3/b4-3-. The van der Waals surface area contributed by atoms with E-state index in [4.69, 9.17) is 4.74 Å². The van der Waals surface area contributed by atoms with Crippen molar-refractivity contribution in [2.75, 3.05) is 38.2 Å². The van der Waals surface area contributed by atoms with Gasteiger partial charge >= 0.3 is 0 Å². The van der Waals surface area contributed by atoms with E-state index in [-0.39, 0.29) is 5.91 Å². The SMILES string of the molecule is C/C=C\C(=O)N1CCN(c2ccc(OC)cc2)CC1. The largest absolute Gasteiger partial charge is 0.497 e. The Morgan fingerprint density at radius 2 is 1.79 bits per heavy atom. The summed E-state index contributed by atoms with van der Waals surface area (Å²) in [6.45, 7) is 5.15. The lowest BCUT2D eigenvalue weighted by Gasteiger charge is -2.35. The number of hydrogen-bond acceptors (Lipinski definition) is 3. The number of amides is 1. The van der Waals surface area contributed by atoms with Crippen molar-refractivity contribution in [2.24, 2.45) is 0 Å². The molecule has 4 nitrogen and oxygen atoms in total. The van der Waals surface area contributed by atoms with Crippen molar-refractivity contribution in [3.05, 3.63) is 36.4 Å². The highest BCUT2D eigenvalue weighted by Crippen LogP contribution is 2.20. The molecule has 1 aromatic carbocycles. The van der Waals surface area contributed by atoms with Crippen LogP contribution in [0, 0.1) is 0 Å². The number of allylic oxidation sites excluding steroid dienone is 1. The molecule has 0 saturated carbocycles. The highest BCUT2D eigenvalue weighted by atomic mass is 16.5. The minimum Gasteiger partial charge on any atom is -0.497 e. The second kappa shape index (κ2) is 6.27. The third-order valence-electron chi connectivity index (χ3n) is 3.34. The first-order valence-corrected chi connectivity index (χ1v) is 6.55. The average Bonchev–Trinajstić information content (AvgIpc) is 2.48. The van der Waals surface area contributed by atoms with Crippen molar-refractivity contribution >= 4 is 11.6 Å². The van der Waals surface area contributed by atoms with E-state index in [2.05, 4.69) is 17.0 Å². The number of nitrogens with zero attached hydrogens (tertiary/aromatic N) is 2. The summed E-state index contributed by atoms with van der Waals surface area (Å²) in [5.74, 6) is 0.975. The average molecular weight is 260 g/mol. The van der Waals surface area contributed by atoms with Crippen LogP contribution in [0.1, 0.15) is 6.92 Å². The minimum atomic E-state index is 0.108. The molecule has 0 aromatic heterocycles. The molecule has 0 atom stereocenters. The minimum absolute atomic E-state index is 0.108. The van der Waals surface area contributed by atoms with Gasteiger partial charge < -0.3 is 14.5 Å². The zero-order valence-corrected chi connectivity index (χ0v) is 11.5. The van der Waals surface area contributed by atoms with Crippen LogP contribution < -0.4 is 9.64 Å². The molecule has 0 radical (unpaired) electrons. The number of anilines is 1. The molecule has 4 heteroatoms. The maximum atomic E-state index is 11.7. The Morgan fingerprint density at radius 3 is 2.32 bits per heavy atom. The maximum absolute atomic E-state index is 11.7. The van der Waals surface area contributed by atoms with Gasteiger partial charge in [0, 0.05) is 31.9 Å². The predicted molar refractivity (Wildman–Crippen MR) is 76.6 cm³/mol. The van der Waals surface area contributed by atoms with Crippen molar-refractivity contribution < 1.29 is 9.53 Å². The fourth-order valence-electron chi connectivity index (χ4n) is 2.23.